The zero-order chi connectivity index (χ0) is 14.7. The number of nitrogens with zero attached hydrogens (tertiary/aromatic N) is 1. The van der Waals surface area contributed by atoms with Crippen molar-refractivity contribution in [3.8, 4) is 0 Å². The first kappa shape index (κ1) is 15.1. The third-order valence-electron chi connectivity index (χ3n) is 4.55. The van der Waals surface area contributed by atoms with Gasteiger partial charge < -0.3 is 14.3 Å². The molecule has 0 unspecified atom stereocenters. The SMILES string of the molecule is CCCC[C@@H]1CN(Cc2ccc(CO)o2)C[C@H](C2CC2)O1. The van der Waals surface area contributed by atoms with E-state index in [1.54, 1.807) is 0 Å². The van der Waals surface area contributed by atoms with E-state index < -0.39 is 0 Å². The molecule has 1 aliphatic carbocycles. The standard InChI is InChI=1S/C17H27NO3/c1-2-3-4-14-9-18(11-17(21-14)13-5-6-13)10-15-7-8-16(12-19)20-15/h7-8,13-14,17,19H,2-6,9-12H2,1H3/t14-,17-/m1/s1. The molecular formula is C17H27NO3. The lowest BCUT2D eigenvalue weighted by molar-refractivity contribution is -0.100. The summed E-state index contributed by atoms with van der Waals surface area (Å²) in [5.74, 6) is 2.38. The zero-order valence-corrected chi connectivity index (χ0v) is 13.0. The van der Waals surface area contributed by atoms with Gasteiger partial charge in [-0.25, -0.2) is 0 Å². The fraction of sp³-hybridized carbons (Fsp3) is 0.765. The number of furan rings is 1. The first-order valence-electron chi connectivity index (χ1n) is 8.34. The van der Waals surface area contributed by atoms with Gasteiger partial charge in [-0.1, -0.05) is 19.8 Å². The van der Waals surface area contributed by atoms with Gasteiger partial charge in [0.2, 0.25) is 0 Å². The first-order valence-corrected chi connectivity index (χ1v) is 8.34. The number of ether oxygens (including phenoxy) is 1. The topological polar surface area (TPSA) is 45.8 Å². The number of rotatable bonds is 7. The van der Waals surface area contributed by atoms with Gasteiger partial charge >= 0.3 is 0 Å². The second-order valence-corrected chi connectivity index (χ2v) is 6.50. The molecular weight excluding hydrogens is 266 g/mol. The van der Waals surface area contributed by atoms with Crippen LogP contribution in [-0.2, 0) is 17.9 Å². The summed E-state index contributed by atoms with van der Waals surface area (Å²) in [4.78, 5) is 2.47. The van der Waals surface area contributed by atoms with Crippen LogP contribution in [0.25, 0.3) is 0 Å². The van der Waals surface area contributed by atoms with E-state index in [2.05, 4.69) is 11.8 Å². The van der Waals surface area contributed by atoms with Gasteiger partial charge in [0, 0.05) is 13.1 Å². The Hall–Kier alpha value is -0.840. The van der Waals surface area contributed by atoms with E-state index in [1.807, 2.05) is 12.1 Å². The van der Waals surface area contributed by atoms with Crippen molar-refractivity contribution >= 4 is 0 Å². The summed E-state index contributed by atoms with van der Waals surface area (Å²) in [6.07, 6.45) is 7.07. The van der Waals surface area contributed by atoms with Crippen LogP contribution in [0.4, 0.5) is 0 Å². The highest BCUT2D eigenvalue weighted by Crippen LogP contribution is 2.37. The molecule has 1 aromatic heterocycles. The number of unbranched alkanes of at least 4 members (excludes halogenated alkanes) is 1. The molecule has 1 aliphatic heterocycles. The fourth-order valence-electron chi connectivity index (χ4n) is 3.21. The number of hydrogen-bond donors (Lipinski definition) is 1. The molecule has 0 amide bonds. The second kappa shape index (κ2) is 6.95. The largest absolute Gasteiger partial charge is 0.462 e. The monoisotopic (exact) mass is 293 g/mol. The van der Waals surface area contributed by atoms with Crippen molar-refractivity contribution < 1.29 is 14.3 Å². The molecule has 0 radical (unpaired) electrons. The van der Waals surface area contributed by atoms with Gasteiger partial charge in [0.15, 0.2) is 0 Å². The molecule has 2 atom stereocenters. The maximum absolute atomic E-state index is 9.09. The molecule has 4 heteroatoms. The first-order chi connectivity index (χ1) is 10.3. The summed E-state index contributed by atoms with van der Waals surface area (Å²) in [7, 11) is 0. The van der Waals surface area contributed by atoms with Crippen molar-refractivity contribution in [1.29, 1.82) is 0 Å². The molecule has 1 saturated heterocycles. The average molecular weight is 293 g/mol. The normalized spacial score (nSPS) is 27.1. The van der Waals surface area contributed by atoms with Gasteiger partial charge in [-0.05, 0) is 37.3 Å². The van der Waals surface area contributed by atoms with Crippen LogP contribution in [0, 0.1) is 5.92 Å². The maximum Gasteiger partial charge on any atom is 0.129 e. The highest BCUT2D eigenvalue weighted by molar-refractivity contribution is 5.06. The Labute approximate surface area is 127 Å². The lowest BCUT2D eigenvalue weighted by atomic mass is 10.1. The molecule has 118 valence electrons. The molecule has 4 nitrogen and oxygen atoms in total. The molecule has 1 saturated carbocycles. The van der Waals surface area contributed by atoms with Gasteiger partial charge in [-0.2, -0.15) is 0 Å². The van der Waals surface area contributed by atoms with Crippen molar-refractivity contribution in [2.75, 3.05) is 13.1 Å². The summed E-state index contributed by atoms with van der Waals surface area (Å²) in [6, 6.07) is 3.84. The Bertz CT molecular complexity index is 441. The molecule has 1 aromatic rings. The van der Waals surface area contributed by atoms with Crippen LogP contribution in [0.2, 0.25) is 0 Å². The van der Waals surface area contributed by atoms with E-state index in [0.717, 1.165) is 37.7 Å². The van der Waals surface area contributed by atoms with Crippen molar-refractivity contribution in [2.24, 2.45) is 5.92 Å². The van der Waals surface area contributed by atoms with Crippen LogP contribution in [0.3, 0.4) is 0 Å². The Kier molecular flexibility index (Phi) is 4.99. The van der Waals surface area contributed by atoms with Crippen molar-refractivity contribution in [2.45, 2.75) is 64.4 Å². The van der Waals surface area contributed by atoms with Crippen molar-refractivity contribution in [3.63, 3.8) is 0 Å². The minimum Gasteiger partial charge on any atom is -0.462 e. The van der Waals surface area contributed by atoms with E-state index in [1.165, 1.54) is 25.7 Å². The van der Waals surface area contributed by atoms with Crippen LogP contribution in [-0.4, -0.2) is 35.3 Å². The maximum atomic E-state index is 9.09. The van der Waals surface area contributed by atoms with E-state index in [9.17, 15) is 0 Å². The quantitative estimate of drug-likeness (QED) is 0.839. The number of morpholine rings is 1. The van der Waals surface area contributed by atoms with Crippen molar-refractivity contribution in [1.82, 2.24) is 4.90 Å². The number of aliphatic hydroxyl groups is 1. The molecule has 3 rings (SSSR count). The van der Waals surface area contributed by atoms with Gasteiger partial charge in [0.05, 0.1) is 18.8 Å². The molecule has 2 heterocycles. The predicted octanol–water partition coefficient (Wildman–Crippen LogP) is 2.94. The summed E-state index contributed by atoms with van der Waals surface area (Å²) in [5, 5.41) is 9.09. The molecule has 0 aromatic carbocycles. The summed E-state index contributed by atoms with van der Waals surface area (Å²) in [6.45, 7) is 5.06. The van der Waals surface area contributed by atoms with E-state index in [-0.39, 0.29) is 6.61 Å². The Morgan fingerprint density at radius 2 is 2.05 bits per heavy atom. The molecule has 2 aliphatic rings. The van der Waals surface area contributed by atoms with E-state index >= 15 is 0 Å². The third kappa shape index (κ3) is 4.09. The second-order valence-electron chi connectivity index (χ2n) is 6.50. The summed E-state index contributed by atoms with van der Waals surface area (Å²) < 4.78 is 11.9. The highest BCUT2D eigenvalue weighted by atomic mass is 16.5. The van der Waals surface area contributed by atoms with Crippen LogP contribution >= 0.6 is 0 Å². The van der Waals surface area contributed by atoms with Crippen molar-refractivity contribution in [3.05, 3.63) is 23.7 Å². The summed E-state index contributed by atoms with van der Waals surface area (Å²) in [5.41, 5.74) is 0. The Morgan fingerprint density at radius 3 is 2.71 bits per heavy atom. The van der Waals surface area contributed by atoms with Crippen LogP contribution in [0.1, 0.15) is 50.5 Å². The summed E-state index contributed by atoms with van der Waals surface area (Å²) >= 11 is 0. The van der Waals surface area contributed by atoms with E-state index in [4.69, 9.17) is 14.3 Å². The minimum absolute atomic E-state index is 0.0209. The lowest BCUT2D eigenvalue weighted by Crippen LogP contribution is -2.47. The Morgan fingerprint density at radius 1 is 1.24 bits per heavy atom. The van der Waals surface area contributed by atoms with Gasteiger partial charge in [0.25, 0.3) is 0 Å². The zero-order valence-electron chi connectivity index (χ0n) is 13.0. The van der Waals surface area contributed by atoms with Gasteiger partial charge in [-0.15, -0.1) is 0 Å². The van der Waals surface area contributed by atoms with Crippen LogP contribution in [0.15, 0.2) is 16.5 Å². The smallest absolute Gasteiger partial charge is 0.129 e. The third-order valence-corrected chi connectivity index (χ3v) is 4.55. The molecule has 21 heavy (non-hydrogen) atoms. The van der Waals surface area contributed by atoms with Gasteiger partial charge in [0.1, 0.15) is 18.1 Å². The highest BCUT2D eigenvalue weighted by Gasteiger charge is 2.38. The molecule has 0 spiro atoms. The molecule has 1 N–H and O–H groups in total. The van der Waals surface area contributed by atoms with Crippen LogP contribution < -0.4 is 0 Å². The molecule has 2 fully saturated rings. The minimum atomic E-state index is -0.0209. The number of hydrogen-bond acceptors (Lipinski definition) is 4. The number of aliphatic hydroxyl groups excluding tert-OH is 1. The fourth-order valence-corrected chi connectivity index (χ4v) is 3.21. The van der Waals surface area contributed by atoms with Gasteiger partial charge in [-0.3, -0.25) is 4.90 Å². The predicted molar refractivity (Wildman–Crippen MR) is 80.8 cm³/mol. The average Bonchev–Trinajstić information content (AvgIpc) is 3.26. The lowest BCUT2D eigenvalue weighted by Gasteiger charge is -2.38. The van der Waals surface area contributed by atoms with Crippen LogP contribution in [0.5, 0.6) is 0 Å². The van der Waals surface area contributed by atoms with E-state index in [0.29, 0.717) is 18.0 Å². The molecule has 0 bridgehead atoms. The Balaban J connectivity index is 1.59.